The van der Waals surface area contributed by atoms with Gasteiger partial charge in [-0.25, -0.2) is 0 Å². The number of anilines is 1. The molecule has 0 radical (unpaired) electrons. The van der Waals surface area contributed by atoms with Gasteiger partial charge in [0.25, 0.3) is 5.91 Å². The largest absolute Gasteiger partial charge is 0.395 e. The summed E-state index contributed by atoms with van der Waals surface area (Å²) in [7, 11) is 0. The molecular weight excluding hydrogens is 240 g/mol. The lowest BCUT2D eigenvalue weighted by molar-refractivity contribution is 0.0949. The van der Waals surface area contributed by atoms with Gasteiger partial charge >= 0.3 is 0 Å². The van der Waals surface area contributed by atoms with Gasteiger partial charge in [0, 0.05) is 6.54 Å². The molecule has 1 amide bonds. The number of aromatic nitrogens is 2. The zero-order valence-electron chi connectivity index (χ0n) is 12.3. The smallest absolute Gasteiger partial charge is 0.273 e. The van der Waals surface area contributed by atoms with E-state index in [1.54, 1.807) is 6.92 Å². The number of H-pyrrole nitrogens is 1. The molecule has 0 saturated heterocycles. The Morgan fingerprint density at radius 3 is 2.58 bits per heavy atom. The van der Waals surface area contributed by atoms with E-state index < -0.39 is 0 Å². The lowest BCUT2D eigenvalue weighted by Gasteiger charge is -2.05. The van der Waals surface area contributed by atoms with Crippen molar-refractivity contribution in [1.82, 2.24) is 15.5 Å². The molecule has 0 aliphatic carbocycles. The maximum Gasteiger partial charge on any atom is 0.273 e. The number of unbranched alkanes of at least 4 members (excludes halogenated alkanes) is 3. The lowest BCUT2D eigenvalue weighted by Crippen LogP contribution is -2.25. The van der Waals surface area contributed by atoms with Crippen LogP contribution in [0, 0.1) is 12.8 Å². The van der Waals surface area contributed by atoms with E-state index in [-0.39, 0.29) is 5.91 Å². The van der Waals surface area contributed by atoms with Gasteiger partial charge in [0.15, 0.2) is 5.69 Å². The topological polar surface area (TPSA) is 83.8 Å². The fraction of sp³-hybridized carbons (Fsp3) is 0.714. The van der Waals surface area contributed by atoms with Gasteiger partial charge in [-0.15, -0.1) is 0 Å². The van der Waals surface area contributed by atoms with Crippen molar-refractivity contribution in [3.05, 3.63) is 11.4 Å². The maximum atomic E-state index is 11.8. The van der Waals surface area contributed by atoms with Crippen LogP contribution in [0.25, 0.3) is 0 Å². The number of amides is 1. The van der Waals surface area contributed by atoms with Gasteiger partial charge in [0.05, 0.1) is 11.4 Å². The number of aromatic amines is 1. The molecule has 0 aromatic carbocycles. The van der Waals surface area contributed by atoms with Crippen LogP contribution >= 0.6 is 0 Å². The van der Waals surface area contributed by atoms with Gasteiger partial charge < -0.3 is 11.1 Å². The molecule has 0 atom stereocenters. The summed E-state index contributed by atoms with van der Waals surface area (Å²) in [6.45, 7) is 6.98. The van der Waals surface area contributed by atoms with Crippen LogP contribution < -0.4 is 11.1 Å². The minimum atomic E-state index is -0.191. The summed E-state index contributed by atoms with van der Waals surface area (Å²) >= 11 is 0. The molecule has 1 aromatic rings. The minimum Gasteiger partial charge on any atom is -0.395 e. The van der Waals surface area contributed by atoms with Crippen LogP contribution in [-0.4, -0.2) is 22.6 Å². The van der Waals surface area contributed by atoms with Crippen molar-refractivity contribution in [2.75, 3.05) is 12.3 Å². The molecule has 4 N–H and O–H groups in total. The Kier molecular flexibility index (Phi) is 6.39. The summed E-state index contributed by atoms with van der Waals surface area (Å²) in [5.41, 5.74) is 7.22. The van der Waals surface area contributed by atoms with E-state index in [4.69, 9.17) is 5.73 Å². The Labute approximate surface area is 115 Å². The van der Waals surface area contributed by atoms with Crippen LogP contribution in [0.4, 0.5) is 5.69 Å². The van der Waals surface area contributed by atoms with Gasteiger partial charge in [0.2, 0.25) is 0 Å². The maximum absolute atomic E-state index is 11.8. The number of carbonyl (C=O) groups excluding carboxylic acids is 1. The van der Waals surface area contributed by atoms with Crippen molar-refractivity contribution in [3.63, 3.8) is 0 Å². The molecule has 1 heterocycles. The molecular formula is C14H26N4O. The predicted octanol–water partition coefficient (Wildman–Crippen LogP) is 2.64. The van der Waals surface area contributed by atoms with Crippen molar-refractivity contribution in [1.29, 1.82) is 0 Å². The second kappa shape index (κ2) is 7.81. The average molecular weight is 266 g/mol. The molecule has 108 valence electrons. The van der Waals surface area contributed by atoms with Crippen LogP contribution in [0.3, 0.4) is 0 Å². The monoisotopic (exact) mass is 266 g/mol. The van der Waals surface area contributed by atoms with Gasteiger partial charge in [-0.2, -0.15) is 5.10 Å². The number of nitrogen functional groups attached to an aromatic ring is 1. The van der Waals surface area contributed by atoms with E-state index in [1.165, 1.54) is 19.3 Å². The van der Waals surface area contributed by atoms with Gasteiger partial charge in [-0.05, 0) is 19.3 Å². The third-order valence-corrected chi connectivity index (χ3v) is 3.20. The summed E-state index contributed by atoms with van der Waals surface area (Å²) in [6.07, 6.45) is 5.96. The first kappa shape index (κ1) is 15.5. The fourth-order valence-corrected chi connectivity index (χ4v) is 1.93. The van der Waals surface area contributed by atoms with Crippen molar-refractivity contribution in [2.45, 2.75) is 52.9 Å². The standard InChI is InChI=1S/C14H26N4O/c1-10(2)8-6-4-5-7-9-16-14(19)13-12(15)11(3)17-18-13/h10H,4-9,15H2,1-3H3,(H,16,19)(H,17,18). The summed E-state index contributed by atoms with van der Waals surface area (Å²) in [6, 6.07) is 0. The van der Waals surface area contributed by atoms with Gasteiger partial charge in [-0.3, -0.25) is 9.89 Å². The van der Waals surface area contributed by atoms with E-state index in [2.05, 4.69) is 29.4 Å². The number of nitrogens with one attached hydrogen (secondary N) is 2. The summed E-state index contributed by atoms with van der Waals surface area (Å²) in [4.78, 5) is 11.8. The molecule has 5 nitrogen and oxygen atoms in total. The molecule has 0 saturated carbocycles. The highest BCUT2D eigenvalue weighted by molar-refractivity contribution is 5.97. The molecule has 0 aliphatic rings. The number of aryl methyl sites for hydroxylation is 1. The van der Waals surface area contributed by atoms with E-state index >= 15 is 0 Å². The summed E-state index contributed by atoms with van der Waals surface area (Å²) < 4.78 is 0. The second-order valence-electron chi connectivity index (χ2n) is 5.46. The SMILES string of the molecule is Cc1[nH]nc(C(=O)NCCCCCCC(C)C)c1N. The molecule has 1 rings (SSSR count). The third-order valence-electron chi connectivity index (χ3n) is 3.20. The molecule has 0 spiro atoms. The van der Waals surface area contributed by atoms with Gasteiger partial charge in [-0.1, -0.05) is 39.5 Å². The van der Waals surface area contributed by atoms with Crippen molar-refractivity contribution >= 4 is 11.6 Å². The third kappa shape index (κ3) is 5.32. The van der Waals surface area contributed by atoms with Crippen molar-refractivity contribution in [3.8, 4) is 0 Å². The Morgan fingerprint density at radius 2 is 2.00 bits per heavy atom. The van der Waals surface area contributed by atoms with Crippen molar-refractivity contribution < 1.29 is 4.79 Å². The van der Waals surface area contributed by atoms with E-state index in [9.17, 15) is 4.79 Å². The number of nitrogens with zero attached hydrogens (tertiary/aromatic N) is 1. The highest BCUT2D eigenvalue weighted by atomic mass is 16.1. The Hall–Kier alpha value is -1.52. The molecule has 0 fully saturated rings. The predicted molar refractivity (Wildman–Crippen MR) is 78.0 cm³/mol. The molecule has 0 aliphatic heterocycles. The zero-order chi connectivity index (χ0) is 14.3. The number of carbonyl (C=O) groups is 1. The van der Waals surface area contributed by atoms with Crippen LogP contribution in [0.1, 0.15) is 62.1 Å². The highest BCUT2D eigenvalue weighted by Gasteiger charge is 2.14. The average Bonchev–Trinajstić information content (AvgIpc) is 2.68. The van der Waals surface area contributed by atoms with E-state index in [0.29, 0.717) is 17.9 Å². The highest BCUT2D eigenvalue weighted by Crippen LogP contribution is 2.12. The van der Waals surface area contributed by atoms with Crippen LogP contribution in [-0.2, 0) is 0 Å². The number of hydrogen-bond acceptors (Lipinski definition) is 3. The Balaban J connectivity index is 2.13. The number of nitrogens with two attached hydrogens (primary N) is 1. The van der Waals surface area contributed by atoms with Crippen molar-refractivity contribution in [2.24, 2.45) is 5.92 Å². The summed E-state index contributed by atoms with van der Waals surface area (Å²) in [5.74, 6) is 0.592. The number of hydrogen-bond donors (Lipinski definition) is 3. The molecule has 5 heteroatoms. The normalized spacial score (nSPS) is 10.9. The first-order chi connectivity index (χ1) is 9.02. The van der Waals surface area contributed by atoms with E-state index in [1.807, 2.05) is 0 Å². The fourth-order valence-electron chi connectivity index (χ4n) is 1.93. The second-order valence-corrected chi connectivity index (χ2v) is 5.46. The number of rotatable bonds is 8. The molecule has 0 unspecified atom stereocenters. The van der Waals surface area contributed by atoms with Gasteiger partial charge in [0.1, 0.15) is 0 Å². The quantitative estimate of drug-likeness (QED) is 0.632. The van der Waals surface area contributed by atoms with Crippen LogP contribution in [0.5, 0.6) is 0 Å². The molecule has 19 heavy (non-hydrogen) atoms. The van der Waals surface area contributed by atoms with E-state index in [0.717, 1.165) is 24.5 Å². The van der Waals surface area contributed by atoms with Crippen LogP contribution in [0.2, 0.25) is 0 Å². The molecule has 1 aromatic heterocycles. The zero-order valence-corrected chi connectivity index (χ0v) is 12.3. The van der Waals surface area contributed by atoms with Crippen LogP contribution in [0.15, 0.2) is 0 Å². The first-order valence-corrected chi connectivity index (χ1v) is 7.11. The Bertz CT molecular complexity index is 398. The molecule has 0 bridgehead atoms. The summed E-state index contributed by atoms with van der Waals surface area (Å²) in [5, 5.41) is 9.46. The Morgan fingerprint density at radius 1 is 1.32 bits per heavy atom. The first-order valence-electron chi connectivity index (χ1n) is 7.11. The minimum absolute atomic E-state index is 0.191. The lowest BCUT2D eigenvalue weighted by atomic mass is 10.0.